The number of anilines is 2. The molecule has 1 unspecified atom stereocenters. The van der Waals surface area contributed by atoms with Crippen LogP contribution in [0.2, 0.25) is 0 Å². The third kappa shape index (κ3) is 6.91. The summed E-state index contributed by atoms with van der Waals surface area (Å²) in [4.78, 5) is 31.9. The summed E-state index contributed by atoms with van der Waals surface area (Å²) in [5.41, 5.74) is 4.36. The molecule has 1 aromatic heterocycles. The standard InChI is InChI=1S/C31H38N4O3/c1-21(2)26-8-6-7-22(3)29(26)30(36)34-27(31(37)38)19-23-10-12-25(13-11-23)35-17-14-24(15-18-35)20-33-28-9-4-5-16-32-28/h4-13,16,21,24,27H,14-15,17-20H2,1-3H3,(H,32,33)(H,34,36)(H,37,38). The Labute approximate surface area is 225 Å². The number of carbonyl (C=O) groups excluding carboxylic acids is 1. The van der Waals surface area contributed by atoms with Crippen LogP contribution in [0.15, 0.2) is 66.9 Å². The number of amides is 1. The summed E-state index contributed by atoms with van der Waals surface area (Å²) in [6, 6.07) is 18.7. The van der Waals surface area contributed by atoms with Crippen LogP contribution < -0.4 is 15.5 Å². The number of aliphatic carboxylic acids is 1. The van der Waals surface area contributed by atoms with Crippen molar-refractivity contribution in [3.63, 3.8) is 0 Å². The molecular formula is C31H38N4O3. The van der Waals surface area contributed by atoms with Gasteiger partial charge in [0, 0.05) is 43.5 Å². The molecule has 200 valence electrons. The predicted octanol–water partition coefficient (Wildman–Crippen LogP) is 5.27. The molecule has 38 heavy (non-hydrogen) atoms. The molecule has 1 aliphatic heterocycles. The third-order valence-corrected chi connectivity index (χ3v) is 7.35. The van der Waals surface area contributed by atoms with Crippen molar-refractivity contribution in [1.29, 1.82) is 0 Å². The SMILES string of the molecule is Cc1cccc(C(C)C)c1C(=O)NC(Cc1ccc(N2CCC(CNc3ccccn3)CC2)cc1)C(=O)O. The first-order valence-electron chi connectivity index (χ1n) is 13.4. The van der Waals surface area contributed by atoms with Gasteiger partial charge < -0.3 is 20.6 Å². The molecule has 1 fully saturated rings. The molecule has 1 amide bonds. The van der Waals surface area contributed by atoms with Gasteiger partial charge in [-0.3, -0.25) is 4.79 Å². The van der Waals surface area contributed by atoms with Crippen molar-refractivity contribution in [3.05, 3.63) is 89.1 Å². The van der Waals surface area contributed by atoms with E-state index in [1.807, 2.05) is 69.3 Å². The average Bonchev–Trinajstić information content (AvgIpc) is 2.92. The van der Waals surface area contributed by atoms with Gasteiger partial charge in [-0.15, -0.1) is 0 Å². The number of aromatic nitrogens is 1. The Bertz CT molecular complexity index is 1220. The molecule has 0 radical (unpaired) electrons. The van der Waals surface area contributed by atoms with Gasteiger partial charge in [-0.2, -0.15) is 0 Å². The van der Waals surface area contributed by atoms with Crippen LogP contribution in [0.3, 0.4) is 0 Å². The highest BCUT2D eigenvalue weighted by atomic mass is 16.4. The Morgan fingerprint density at radius 3 is 2.39 bits per heavy atom. The highest BCUT2D eigenvalue weighted by Crippen LogP contribution is 2.25. The Balaban J connectivity index is 1.32. The second-order valence-corrected chi connectivity index (χ2v) is 10.5. The second kappa shape index (κ2) is 12.6. The van der Waals surface area contributed by atoms with Gasteiger partial charge in [-0.1, -0.05) is 50.2 Å². The Kier molecular flexibility index (Phi) is 9.00. The lowest BCUT2D eigenvalue weighted by molar-refractivity contribution is -0.139. The molecule has 0 bridgehead atoms. The minimum Gasteiger partial charge on any atom is -0.480 e. The first-order chi connectivity index (χ1) is 18.3. The zero-order valence-electron chi connectivity index (χ0n) is 22.5. The maximum absolute atomic E-state index is 13.1. The molecule has 4 rings (SSSR count). The number of hydrogen-bond acceptors (Lipinski definition) is 5. The largest absolute Gasteiger partial charge is 0.480 e. The third-order valence-electron chi connectivity index (χ3n) is 7.35. The maximum atomic E-state index is 13.1. The van der Waals surface area contributed by atoms with Gasteiger partial charge in [0.05, 0.1) is 0 Å². The van der Waals surface area contributed by atoms with Crippen LogP contribution in [-0.2, 0) is 11.2 Å². The minimum absolute atomic E-state index is 0.161. The van der Waals surface area contributed by atoms with E-state index < -0.39 is 12.0 Å². The summed E-state index contributed by atoms with van der Waals surface area (Å²) in [6.45, 7) is 8.84. The van der Waals surface area contributed by atoms with E-state index in [1.54, 1.807) is 6.20 Å². The Hall–Kier alpha value is -3.87. The fourth-order valence-electron chi connectivity index (χ4n) is 5.10. The van der Waals surface area contributed by atoms with Crippen LogP contribution in [0.4, 0.5) is 11.5 Å². The molecule has 2 aromatic carbocycles. The van der Waals surface area contributed by atoms with Crippen molar-refractivity contribution >= 4 is 23.4 Å². The Morgan fingerprint density at radius 1 is 1.03 bits per heavy atom. The van der Waals surface area contributed by atoms with Crippen molar-refractivity contribution in [3.8, 4) is 0 Å². The molecule has 7 nitrogen and oxygen atoms in total. The van der Waals surface area contributed by atoms with Gasteiger partial charge in [-0.25, -0.2) is 9.78 Å². The van der Waals surface area contributed by atoms with Crippen molar-refractivity contribution in [1.82, 2.24) is 10.3 Å². The number of rotatable bonds is 10. The number of carboxylic acids is 1. The van der Waals surface area contributed by atoms with Gasteiger partial charge in [0.1, 0.15) is 11.9 Å². The van der Waals surface area contributed by atoms with Gasteiger partial charge >= 0.3 is 5.97 Å². The lowest BCUT2D eigenvalue weighted by Gasteiger charge is -2.34. The van der Waals surface area contributed by atoms with Crippen LogP contribution in [0, 0.1) is 12.8 Å². The zero-order valence-corrected chi connectivity index (χ0v) is 22.5. The summed E-state index contributed by atoms with van der Waals surface area (Å²) in [7, 11) is 0. The lowest BCUT2D eigenvalue weighted by atomic mass is 9.93. The molecule has 0 saturated carbocycles. The van der Waals surface area contributed by atoms with Gasteiger partial charge in [0.25, 0.3) is 5.91 Å². The number of nitrogens with zero attached hydrogens (tertiary/aromatic N) is 2. The van der Waals surface area contributed by atoms with Crippen LogP contribution in [0.1, 0.15) is 59.7 Å². The first-order valence-corrected chi connectivity index (χ1v) is 13.4. The number of carboxylic acid groups (broad SMARTS) is 1. The van der Waals surface area contributed by atoms with Gasteiger partial charge in [0.2, 0.25) is 0 Å². The van der Waals surface area contributed by atoms with Crippen molar-refractivity contribution in [2.24, 2.45) is 5.92 Å². The minimum atomic E-state index is -1.04. The topological polar surface area (TPSA) is 94.6 Å². The Morgan fingerprint density at radius 2 is 1.76 bits per heavy atom. The van der Waals surface area contributed by atoms with Gasteiger partial charge in [-0.05, 0) is 72.6 Å². The molecule has 0 aliphatic carbocycles. The number of piperidine rings is 1. The summed E-state index contributed by atoms with van der Waals surface area (Å²) < 4.78 is 0. The van der Waals surface area contributed by atoms with E-state index in [1.165, 1.54) is 0 Å². The predicted molar refractivity (Wildman–Crippen MR) is 152 cm³/mol. The van der Waals surface area contributed by atoms with Crippen LogP contribution >= 0.6 is 0 Å². The fraction of sp³-hybridized carbons (Fsp3) is 0.387. The number of hydrogen-bond donors (Lipinski definition) is 3. The van der Waals surface area contributed by atoms with E-state index in [0.717, 1.165) is 60.7 Å². The molecule has 7 heteroatoms. The van der Waals surface area contributed by atoms with E-state index >= 15 is 0 Å². The molecule has 3 N–H and O–H groups in total. The van der Waals surface area contributed by atoms with E-state index in [0.29, 0.717) is 11.5 Å². The molecule has 1 aliphatic rings. The monoisotopic (exact) mass is 514 g/mol. The van der Waals surface area contributed by atoms with Crippen LogP contribution in [-0.4, -0.2) is 47.6 Å². The second-order valence-electron chi connectivity index (χ2n) is 10.5. The average molecular weight is 515 g/mol. The normalized spacial score (nSPS) is 14.8. The number of carbonyl (C=O) groups is 2. The first kappa shape index (κ1) is 27.2. The lowest BCUT2D eigenvalue weighted by Crippen LogP contribution is -2.43. The molecule has 3 aromatic rings. The molecular weight excluding hydrogens is 476 g/mol. The molecule has 2 heterocycles. The van der Waals surface area contributed by atoms with E-state index in [9.17, 15) is 14.7 Å². The number of benzene rings is 2. The van der Waals surface area contributed by atoms with Crippen LogP contribution in [0.25, 0.3) is 0 Å². The molecule has 1 atom stereocenters. The van der Waals surface area contributed by atoms with Crippen LogP contribution in [0.5, 0.6) is 0 Å². The number of pyridine rings is 1. The summed E-state index contributed by atoms with van der Waals surface area (Å²) in [6.07, 6.45) is 4.23. The van der Waals surface area contributed by atoms with E-state index in [4.69, 9.17) is 0 Å². The van der Waals surface area contributed by atoms with Crippen molar-refractivity contribution in [2.45, 2.75) is 52.0 Å². The summed E-state index contributed by atoms with van der Waals surface area (Å²) in [5.74, 6) is 0.311. The van der Waals surface area contributed by atoms with Crippen molar-refractivity contribution in [2.75, 3.05) is 29.9 Å². The van der Waals surface area contributed by atoms with E-state index in [2.05, 4.69) is 32.7 Å². The van der Waals surface area contributed by atoms with Gasteiger partial charge in [0.15, 0.2) is 0 Å². The molecule has 0 spiro atoms. The highest BCUT2D eigenvalue weighted by molar-refractivity contribution is 5.99. The number of aryl methyl sites for hydroxylation is 1. The van der Waals surface area contributed by atoms with E-state index in [-0.39, 0.29) is 18.2 Å². The zero-order chi connectivity index (χ0) is 27.1. The summed E-state index contributed by atoms with van der Waals surface area (Å²) in [5, 5.41) is 16.0. The maximum Gasteiger partial charge on any atom is 0.326 e. The quantitative estimate of drug-likeness (QED) is 0.341. The highest BCUT2D eigenvalue weighted by Gasteiger charge is 2.25. The smallest absolute Gasteiger partial charge is 0.326 e. The fourth-order valence-corrected chi connectivity index (χ4v) is 5.10. The van der Waals surface area contributed by atoms with Crippen molar-refractivity contribution < 1.29 is 14.7 Å². The number of nitrogens with one attached hydrogen (secondary N) is 2. The molecule has 1 saturated heterocycles. The summed E-state index contributed by atoms with van der Waals surface area (Å²) >= 11 is 0.